The molecule has 0 aliphatic carbocycles. The molecule has 210 valence electrons. The molecule has 0 bridgehead atoms. The number of aliphatic carboxylic acids is 1. The van der Waals surface area contributed by atoms with Gasteiger partial charge in [-0.05, 0) is 45.7 Å². The van der Waals surface area contributed by atoms with Gasteiger partial charge in [0.2, 0.25) is 0 Å². The zero-order valence-electron chi connectivity index (χ0n) is 21.3. The second-order valence-electron chi connectivity index (χ2n) is 9.77. The fourth-order valence-corrected chi connectivity index (χ4v) is 4.43. The fraction of sp³-hybridized carbons (Fsp3) is 0.560. The van der Waals surface area contributed by atoms with Crippen molar-refractivity contribution in [3.8, 4) is 0 Å². The van der Waals surface area contributed by atoms with E-state index < -0.39 is 30.0 Å². The number of carboxylic acid groups (broad SMARTS) is 1. The highest BCUT2D eigenvalue weighted by molar-refractivity contribution is 5.73. The Hall–Kier alpha value is -3.09. The quantitative estimate of drug-likeness (QED) is 0.503. The second-order valence-corrected chi connectivity index (χ2v) is 9.77. The molecule has 4 rings (SSSR count). The summed E-state index contributed by atoms with van der Waals surface area (Å²) in [5.74, 6) is -2.99. The summed E-state index contributed by atoms with van der Waals surface area (Å²) in [7, 11) is 2.08. The number of nitrogens with one attached hydrogen (secondary N) is 1. The predicted molar refractivity (Wildman–Crippen MR) is 130 cm³/mol. The topological polar surface area (TPSA) is 81.6 Å². The molecule has 13 heteroatoms. The zero-order valence-corrected chi connectivity index (χ0v) is 21.3. The molecule has 2 aliphatic heterocycles. The summed E-state index contributed by atoms with van der Waals surface area (Å²) in [4.78, 5) is 23.1. The second kappa shape index (κ2) is 12.2. The standard InChI is InChI=1S/C23H30F3N5.C2HF3O2/c1-14(2)27-22-23(29-20-13-30(3)9-8-19(20)28-22)31-10-6-15(7-11-31)21(26)17-5-4-16(24)12-18(17)25;3-2(4,5)1(6)7/h4-5,12,14-15,21H,6-11,13H2,1-3H3,(H,27,28);(H,6,7). The van der Waals surface area contributed by atoms with E-state index in [1.165, 1.54) is 6.07 Å². The van der Waals surface area contributed by atoms with E-state index in [1.54, 1.807) is 0 Å². The lowest BCUT2D eigenvalue weighted by molar-refractivity contribution is -0.192. The van der Waals surface area contributed by atoms with Crippen LogP contribution in [0.4, 0.5) is 38.0 Å². The number of nitrogens with zero attached hydrogens (tertiary/aromatic N) is 4. The van der Waals surface area contributed by atoms with Gasteiger partial charge in [0, 0.05) is 50.3 Å². The Bertz CT molecular complexity index is 1120. The van der Waals surface area contributed by atoms with Gasteiger partial charge in [0.1, 0.15) is 17.8 Å². The number of anilines is 2. The lowest BCUT2D eigenvalue weighted by Gasteiger charge is -2.36. The van der Waals surface area contributed by atoms with Crippen LogP contribution in [0, 0.1) is 17.6 Å². The van der Waals surface area contributed by atoms with E-state index in [9.17, 15) is 22.0 Å². The van der Waals surface area contributed by atoms with E-state index in [0.29, 0.717) is 25.9 Å². The smallest absolute Gasteiger partial charge is 0.475 e. The van der Waals surface area contributed by atoms with E-state index in [0.717, 1.165) is 54.7 Å². The van der Waals surface area contributed by atoms with Gasteiger partial charge in [0.25, 0.3) is 0 Å². The fourth-order valence-electron chi connectivity index (χ4n) is 4.43. The Morgan fingerprint density at radius 3 is 2.29 bits per heavy atom. The SMILES string of the molecule is CC(C)Nc1nc2c(nc1N1CCC(C(F)c3ccc(F)cc3F)CC1)CN(C)CC2.O=C(O)C(F)(F)F. The molecule has 1 unspecified atom stereocenters. The Morgan fingerprint density at radius 1 is 1.11 bits per heavy atom. The van der Waals surface area contributed by atoms with Crippen molar-refractivity contribution in [2.24, 2.45) is 5.92 Å². The summed E-state index contributed by atoms with van der Waals surface area (Å²) in [5, 5.41) is 10.5. The van der Waals surface area contributed by atoms with Gasteiger partial charge in [-0.25, -0.2) is 27.9 Å². The highest BCUT2D eigenvalue weighted by atomic mass is 19.4. The Morgan fingerprint density at radius 2 is 1.74 bits per heavy atom. The molecule has 1 aromatic carbocycles. The van der Waals surface area contributed by atoms with E-state index in [2.05, 4.69) is 36.0 Å². The molecule has 0 spiro atoms. The molecule has 3 heterocycles. The van der Waals surface area contributed by atoms with Crippen molar-refractivity contribution in [3.63, 3.8) is 0 Å². The van der Waals surface area contributed by atoms with Crippen LogP contribution < -0.4 is 10.2 Å². The van der Waals surface area contributed by atoms with Crippen LogP contribution in [0.3, 0.4) is 0 Å². The lowest BCUT2D eigenvalue weighted by Crippen LogP contribution is -2.37. The number of carboxylic acids is 1. The van der Waals surface area contributed by atoms with Crippen molar-refractivity contribution in [1.29, 1.82) is 0 Å². The van der Waals surface area contributed by atoms with Crippen LogP contribution >= 0.6 is 0 Å². The highest BCUT2D eigenvalue weighted by Crippen LogP contribution is 2.37. The minimum absolute atomic E-state index is 0.0568. The maximum absolute atomic E-state index is 15.0. The number of fused-ring (bicyclic) bond motifs is 1. The molecule has 1 aromatic heterocycles. The number of benzene rings is 1. The molecular formula is C25H31F6N5O2. The molecule has 38 heavy (non-hydrogen) atoms. The normalized spacial score (nSPS) is 17.5. The van der Waals surface area contributed by atoms with Crippen LogP contribution in [0.5, 0.6) is 0 Å². The molecule has 0 radical (unpaired) electrons. The first-order chi connectivity index (χ1) is 17.8. The maximum Gasteiger partial charge on any atom is 0.490 e. The average molecular weight is 548 g/mol. The number of alkyl halides is 4. The third kappa shape index (κ3) is 7.49. The first kappa shape index (κ1) is 29.5. The first-order valence-electron chi connectivity index (χ1n) is 12.2. The summed E-state index contributed by atoms with van der Waals surface area (Å²) in [6.07, 6.45) is -4.52. The van der Waals surface area contributed by atoms with Crippen molar-refractivity contribution in [1.82, 2.24) is 14.9 Å². The highest BCUT2D eigenvalue weighted by Gasteiger charge is 2.38. The number of hydrogen-bond acceptors (Lipinski definition) is 6. The Kier molecular flexibility index (Phi) is 9.45. The Labute approximate surface area is 216 Å². The van der Waals surface area contributed by atoms with Crippen LogP contribution in [0.1, 0.15) is 49.8 Å². The molecule has 0 amide bonds. The summed E-state index contributed by atoms with van der Waals surface area (Å²) in [6.45, 7) is 7.09. The summed E-state index contributed by atoms with van der Waals surface area (Å²) >= 11 is 0. The van der Waals surface area contributed by atoms with E-state index in [-0.39, 0.29) is 17.5 Å². The van der Waals surface area contributed by atoms with Crippen molar-refractivity contribution >= 4 is 17.6 Å². The minimum atomic E-state index is -5.08. The number of halogens is 6. The predicted octanol–water partition coefficient (Wildman–Crippen LogP) is 5.12. The average Bonchev–Trinajstić information content (AvgIpc) is 2.83. The van der Waals surface area contributed by atoms with Gasteiger partial charge in [-0.1, -0.05) is 6.07 Å². The van der Waals surface area contributed by atoms with Gasteiger partial charge in [0.05, 0.1) is 11.4 Å². The number of likely N-dealkylation sites (N-methyl/N-ethyl adjacent to an activating group) is 1. The number of carbonyl (C=O) groups is 1. The number of piperidine rings is 1. The van der Waals surface area contributed by atoms with Crippen molar-refractivity contribution in [3.05, 3.63) is 46.8 Å². The van der Waals surface area contributed by atoms with Crippen LogP contribution in [0.15, 0.2) is 18.2 Å². The Balaban J connectivity index is 0.000000505. The van der Waals surface area contributed by atoms with Gasteiger partial charge in [0.15, 0.2) is 11.6 Å². The summed E-state index contributed by atoms with van der Waals surface area (Å²) in [6, 6.07) is 3.30. The third-order valence-electron chi connectivity index (χ3n) is 6.36. The van der Waals surface area contributed by atoms with E-state index >= 15 is 4.39 Å². The van der Waals surface area contributed by atoms with Gasteiger partial charge in [-0.3, -0.25) is 0 Å². The molecule has 1 atom stereocenters. The number of rotatable bonds is 5. The zero-order chi connectivity index (χ0) is 28.2. The minimum Gasteiger partial charge on any atom is -0.475 e. The first-order valence-corrected chi connectivity index (χ1v) is 12.2. The summed E-state index contributed by atoms with van der Waals surface area (Å²) < 4.78 is 74.0. The molecule has 2 aliphatic rings. The molecule has 2 N–H and O–H groups in total. The van der Waals surface area contributed by atoms with Crippen molar-refractivity contribution < 1.29 is 36.2 Å². The summed E-state index contributed by atoms with van der Waals surface area (Å²) in [5.41, 5.74) is 1.98. The molecule has 7 nitrogen and oxygen atoms in total. The molecule has 1 saturated heterocycles. The van der Waals surface area contributed by atoms with Crippen LogP contribution in [-0.4, -0.2) is 64.8 Å². The monoisotopic (exact) mass is 547 g/mol. The van der Waals surface area contributed by atoms with Gasteiger partial charge >= 0.3 is 12.1 Å². The molecule has 0 saturated carbocycles. The van der Waals surface area contributed by atoms with Gasteiger partial charge in [-0.15, -0.1) is 0 Å². The lowest BCUT2D eigenvalue weighted by atomic mass is 9.88. The van der Waals surface area contributed by atoms with Gasteiger partial charge < -0.3 is 20.2 Å². The van der Waals surface area contributed by atoms with Crippen LogP contribution in [-0.2, 0) is 17.8 Å². The van der Waals surface area contributed by atoms with Crippen LogP contribution in [0.25, 0.3) is 0 Å². The number of aromatic nitrogens is 2. The maximum atomic E-state index is 15.0. The van der Waals surface area contributed by atoms with E-state index in [1.807, 2.05) is 0 Å². The number of hydrogen-bond donors (Lipinski definition) is 2. The molecular weight excluding hydrogens is 516 g/mol. The van der Waals surface area contributed by atoms with Crippen molar-refractivity contribution in [2.75, 3.05) is 36.9 Å². The molecule has 1 fully saturated rings. The van der Waals surface area contributed by atoms with Crippen LogP contribution in [0.2, 0.25) is 0 Å². The van der Waals surface area contributed by atoms with Gasteiger partial charge in [-0.2, -0.15) is 13.2 Å². The largest absolute Gasteiger partial charge is 0.490 e. The molecule has 2 aromatic rings. The van der Waals surface area contributed by atoms with E-state index in [4.69, 9.17) is 19.9 Å². The van der Waals surface area contributed by atoms with Crippen molar-refractivity contribution in [2.45, 2.75) is 58.0 Å². The third-order valence-corrected chi connectivity index (χ3v) is 6.36.